The van der Waals surface area contributed by atoms with Gasteiger partial charge in [-0.2, -0.15) is 0 Å². The van der Waals surface area contributed by atoms with Crippen molar-refractivity contribution in [3.63, 3.8) is 0 Å². The highest BCUT2D eigenvalue weighted by atomic mass is 35.5. The first-order valence-electron chi connectivity index (χ1n) is 6.97. The summed E-state index contributed by atoms with van der Waals surface area (Å²) in [6, 6.07) is 6.77. The Hall–Kier alpha value is -0.810. The second-order valence-electron chi connectivity index (χ2n) is 5.52. The van der Waals surface area contributed by atoms with E-state index in [4.69, 9.17) is 0 Å². The number of aromatic nitrogens is 2. The van der Waals surface area contributed by atoms with E-state index >= 15 is 0 Å². The third kappa shape index (κ3) is 3.34. The van der Waals surface area contributed by atoms with E-state index in [1.165, 1.54) is 11.1 Å². The number of piperidine rings is 1. The third-order valence-electron chi connectivity index (χ3n) is 4.16. The lowest BCUT2D eigenvalue weighted by molar-refractivity contribution is 0.150. The van der Waals surface area contributed by atoms with Gasteiger partial charge in [-0.05, 0) is 44.5 Å². The number of aryl methyl sites for hydroxylation is 2. The third-order valence-corrected chi connectivity index (χ3v) is 4.16. The summed E-state index contributed by atoms with van der Waals surface area (Å²) < 4.78 is 2.32. The van der Waals surface area contributed by atoms with Crippen molar-refractivity contribution in [2.45, 2.75) is 26.3 Å². The molecule has 118 valence electrons. The molecule has 3 rings (SSSR count). The average molecular weight is 332 g/mol. The van der Waals surface area contributed by atoms with Crippen molar-refractivity contribution in [3.8, 4) is 0 Å². The van der Waals surface area contributed by atoms with Crippen LogP contribution in [0.25, 0.3) is 11.0 Å². The van der Waals surface area contributed by atoms with Gasteiger partial charge < -0.3 is 15.0 Å². The highest BCUT2D eigenvalue weighted by Crippen LogP contribution is 2.30. The Bertz CT molecular complexity index is 600. The normalized spacial score (nSPS) is 21.7. The summed E-state index contributed by atoms with van der Waals surface area (Å²) >= 11 is 0. The Kier molecular flexibility index (Phi) is 6.47. The van der Waals surface area contributed by atoms with Crippen LogP contribution < -0.4 is 5.32 Å². The van der Waals surface area contributed by atoms with Gasteiger partial charge in [0.15, 0.2) is 0 Å². The van der Waals surface area contributed by atoms with Crippen molar-refractivity contribution >= 4 is 35.8 Å². The number of hydrogen-bond donors (Lipinski definition) is 2. The molecule has 1 fully saturated rings. The van der Waals surface area contributed by atoms with Crippen molar-refractivity contribution in [1.29, 1.82) is 0 Å². The molecule has 1 aliphatic heterocycles. The van der Waals surface area contributed by atoms with Gasteiger partial charge in [-0.3, -0.25) is 0 Å². The number of hydrogen-bond acceptors (Lipinski definition) is 3. The molecule has 2 atom stereocenters. The highest BCUT2D eigenvalue weighted by Gasteiger charge is 2.28. The van der Waals surface area contributed by atoms with Gasteiger partial charge in [0.05, 0.1) is 11.0 Å². The predicted octanol–water partition coefficient (Wildman–Crippen LogP) is 2.64. The van der Waals surface area contributed by atoms with Crippen LogP contribution in [0.3, 0.4) is 0 Å². The summed E-state index contributed by atoms with van der Waals surface area (Å²) in [6.07, 6.45) is 1.05. The van der Waals surface area contributed by atoms with Crippen LogP contribution in [0.15, 0.2) is 18.2 Å². The van der Waals surface area contributed by atoms with E-state index in [9.17, 15) is 5.11 Å². The number of aliphatic hydroxyl groups excluding tert-OH is 1. The molecule has 6 heteroatoms. The number of aliphatic hydroxyl groups is 1. The molecule has 1 aromatic heterocycles. The summed E-state index contributed by atoms with van der Waals surface area (Å²) in [6.45, 7) is 6.27. The maximum Gasteiger partial charge on any atom is 0.106 e. The molecule has 2 aromatic rings. The molecule has 0 saturated carbocycles. The van der Waals surface area contributed by atoms with Crippen molar-refractivity contribution in [1.82, 2.24) is 14.9 Å². The van der Waals surface area contributed by atoms with Gasteiger partial charge >= 0.3 is 0 Å². The molecule has 1 aromatic carbocycles. The lowest BCUT2D eigenvalue weighted by Crippen LogP contribution is -2.39. The number of nitrogens with one attached hydrogen (secondary N) is 1. The SMILES string of the molecule is Cc1ccc2c(c1)nc(C)n2C1CCNCC1CO.Cl.Cl. The lowest BCUT2D eigenvalue weighted by atomic mass is 9.93. The van der Waals surface area contributed by atoms with Crippen molar-refractivity contribution in [2.24, 2.45) is 5.92 Å². The number of imidazole rings is 1. The van der Waals surface area contributed by atoms with Crippen molar-refractivity contribution < 1.29 is 5.11 Å². The van der Waals surface area contributed by atoms with Gasteiger partial charge in [-0.1, -0.05) is 6.07 Å². The number of halogens is 2. The van der Waals surface area contributed by atoms with Gasteiger partial charge in [0.25, 0.3) is 0 Å². The van der Waals surface area contributed by atoms with Crippen LogP contribution >= 0.6 is 24.8 Å². The molecule has 1 saturated heterocycles. The zero-order valence-corrected chi connectivity index (χ0v) is 14.0. The molecular formula is C15H23Cl2N3O. The Balaban J connectivity index is 0.00000110. The van der Waals surface area contributed by atoms with E-state index in [-0.39, 0.29) is 37.3 Å². The first kappa shape index (κ1) is 18.2. The zero-order chi connectivity index (χ0) is 13.4. The highest BCUT2D eigenvalue weighted by molar-refractivity contribution is 5.85. The Morgan fingerprint density at radius 3 is 2.81 bits per heavy atom. The summed E-state index contributed by atoms with van der Waals surface area (Å²) in [5.74, 6) is 1.32. The Morgan fingerprint density at radius 1 is 1.33 bits per heavy atom. The van der Waals surface area contributed by atoms with Crippen molar-refractivity contribution in [3.05, 3.63) is 29.6 Å². The molecule has 2 heterocycles. The molecule has 2 unspecified atom stereocenters. The maximum absolute atomic E-state index is 9.59. The minimum Gasteiger partial charge on any atom is -0.396 e. The van der Waals surface area contributed by atoms with Crippen LogP contribution in [0.1, 0.15) is 23.9 Å². The Morgan fingerprint density at radius 2 is 2.10 bits per heavy atom. The van der Waals surface area contributed by atoms with Gasteiger partial charge in [0.2, 0.25) is 0 Å². The second kappa shape index (κ2) is 7.45. The second-order valence-corrected chi connectivity index (χ2v) is 5.52. The topological polar surface area (TPSA) is 50.1 Å². The van der Waals surface area contributed by atoms with E-state index in [0.717, 1.165) is 30.9 Å². The van der Waals surface area contributed by atoms with E-state index in [0.29, 0.717) is 6.04 Å². The first-order valence-corrected chi connectivity index (χ1v) is 6.97. The molecule has 4 nitrogen and oxygen atoms in total. The number of fused-ring (bicyclic) bond motifs is 1. The predicted molar refractivity (Wildman–Crippen MR) is 90.8 cm³/mol. The van der Waals surface area contributed by atoms with Crippen LogP contribution in [0.2, 0.25) is 0 Å². The summed E-state index contributed by atoms with van der Waals surface area (Å²) in [5.41, 5.74) is 3.49. The molecule has 0 spiro atoms. The van der Waals surface area contributed by atoms with Crippen LogP contribution in [0.5, 0.6) is 0 Å². The molecule has 0 aliphatic carbocycles. The largest absolute Gasteiger partial charge is 0.396 e. The van der Waals surface area contributed by atoms with E-state index in [1.807, 2.05) is 0 Å². The van der Waals surface area contributed by atoms with Crippen LogP contribution in [0.4, 0.5) is 0 Å². The number of rotatable bonds is 2. The fraction of sp³-hybridized carbons (Fsp3) is 0.533. The summed E-state index contributed by atoms with van der Waals surface area (Å²) in [4.78, 5) is 4.68. The maximum atomic E-state index is 9.59. The summed E-state index contributed by atoms with van der Waals surface area (Å²) in [5, 5.41) is 13.0. The number of nitrogens with zero attached hydrogens (tertiary/aromatic N) is 2. The molecule has 2 N–H and O–H groups in total. The summed E-state index contributed by atoms with van der Waals surface area (Å²) in [7, 11) is 0. The Labute approximate surface area is 137 Å². The standard InChI is InChI=1S/C15H21N3O.2ClH/c1-10-3-4-15-13(7-10)17-11(2)18(15)14-5-6-16-8-12(14)9-19;;/h3-4,7,12,14,16,19H,5-6,8-9H2,1-2H3;2*1H. The lowest BCUT2D eigenvalue weighted by Gasteiger charge is -2.33. The average Bonchev–Trinajstić information content (AvgIpc) is 2.73. The van der Waals surface area contributed by atoms with Crippen LogP contribution in [0, 0.1) is 19.8 Å². The fourth-order valence-electron chi connectivity index (χ4n) is 3.18. The monoisotopic (exact) mass is 331 g/mol. The quantitative estimate of drug-likeness (QED) is 0.889. The van der Waals surface area contributed by atoms with Gasteiger partial charge in [-0.25, -0.2) is 4.98 Å². The minimum atomic E-state index is 0. The van der Waals surface area contributed by atoms with E-state index in [1.54, 1.807) is 0 Å². The zero-order valence-electron chi connectivity index (χ0n) is 12.4. The minimum absolute atomic E-state index is 0. The molecule has 0 bridgehead atoms. The van der Waals surface area contributed by atoms with Gasteiger partial charge in [-0.15, -0.1) is 24.8 Å². The van der Waals surface area contributed by atoms with Crippen LogP contribution in [-0.4, -0.2) is 34.4 Å². The smallest absolute Gasteiger partial charge is 0.106 e. The van der Waals surface area contributed by atoms with Crippen LogP contribution in [-0.2, 0) is 0 Å². The molecule has 1 aliphatic rings. The van der Waals surface area contributed by atoms with Crippen molar-refractivity contribution in [2.75, 3.05) is 19.7 Å². The molecule has 0 amide bonds. The van der Waals surface area contributed by atoms with Gasteiger partial charge in [0, 0.05) is 25.1 Å². The number of benzene rings is 1. The fourth-order valence-corrected chi connectivity index (χ4v) is 3.18. The molecule has 21 heavy (non-hydrogen) atoms. The first-order chi connectivity index (χ1) is 9.20. The van der Waals surface area contributed by atoms with Gasteiger partial charge in [0.1, 0.15) is 5.82 Å². The van der Waals surface area contributed by atoms with E-state index in [2.05, 4.69) is 46.9 Å². The van der Waals surface area contributed by atoms with E-state index < -0.39 is 0 Å². The molecule has 0 radical (unpaired) electrons. The molecular weight excluding hydrogens is 309 g/mol.